The SMILES string of the molecule is COc1ccc2cc1OCCCN(C(=O)c1cc(-c3cnn(C)c3C)on1)CC(=O)N[C@H](C(C)C)C(=O)NCCCn1ccnc1-2. The third kappa shape index (κ3) is 7.22. The molecule has 0 radical (unpaired) electrons. The van der Waals surface area contributed by atoms with Gasteiger partial charge in [-0.3, -0.25) is 19.1 Å². The molecule has 4 aromatic rings. The van der Waals surface area contributed by atoms with Crippen molar-refractivity contribution in [3.8, 4) is 34.2 Å². The number of carbonyl (C=O) groups excluding carboxylic acids is 3. The topological polar surface area (TPSA) is 159 Å². The van der Waals surface area contributed by atoms with Gasteiger partial charge in [0.25, 0.3) is 5.91 Å². The summed E-state index contributed by atoms with van der Waals surface area (Å²) in [5, 5.41) is 14.0. The van der Waals surface area contributed by atoms with Crippen molar-refractivity contribution >= 4 is 17.7 Å². The number of aromatic nitrogens is 5. The quantitative estimate of drug-likeness (QED) is 0.345. The van der Waals surface area contributed by atoms with Gasteiger partial charge in [-0.1, -0.05) is 19.0 Å². The lowest BCUT2D eigenvalue weighted by Gasteiger charge is -2.25. The summed E-state index contributed by atoms with van der Waals surface area (Å²) in [6.07, 6.45) is 6.30. The zero-order valence-corrected chi connectivity index (χ0v) is 26.8. The lowest BCUT2D eigenvalue weighted by molar-refractivity contribution is -0.130. The first kappa shape index (κ1) is 32.3. The highest BCUT2D eigenvalue weighted by atomic mass is 16.5. The largest absolute Gasteiger partial charge is 0.493 e. The van der Waals surface area contributed by atoms with Crippen molar-refractivity contribution in [2.45, 2.75) is 46.2 Å². The predicted molar refractivity (Wildman–Crippen MR) is 168 cm³/mol. The monoisotopic (exact) mass is 632 g/mol. The number of nitrogens with one attached hydrogen (secondary N) is 2. The van der Waals surface area contributed by atoms with Crippen LogP contribution in [0.2, 0.25) is 0 Å². The van der Waals surface area contributed by atoms with Gasteiger partial charge in [0.1, 0.15) is 11.9 Å². The molecule has 0 unspecified atom stereocenters. The van der Waals surface area contributed by atoms with Crippen LogP contribution in [0.5, 0.6) is 11.5 Å². The number of benzene rings is 1. The maximum Gasteiger partial charge on any atom is 0.276 e. The lowest BCUT2D eigenvalue weighted by atomic mass is 10.0. The molecule has 3 amide bonds. The Bertz CT molecular complexity index is 1690. The number of methoxy groups -OCH3 is 1. The number of nitrogens with zero attached hydrogens (tertiary/aromatic N) is 6. The van der Waals surface area contributed by atoms with Crippen LogP contribution < -0.4 is 20.1 Å². The molecule has 0 saturated heterocycles. The van der Waals surface area contributed by atoms with Gasteiger partial charge < -0.3 is 34.1 Å². The molecule has 2 N–H and O–H groups in total. The molecule has 0 aliphatic carbocycles. The fourth-order valence-corrected chi connectivity index (χ4v) is 5.27. The Kier molecular flexibility index (Phi) is 10.0. The molecule has 1 aromatic carbocycles. The molecule has 4 heterocycles. The van der Waals surface area contributed by atoms with E-state index in [1.165, 1.54) is 4.90 Å². The Hall–Kier alpha value is -5.14. The number of carbonyl (C=O) groups is 3. The molecule has 1 aliphatic heterocycles. The van der Waals surface area contributed by atoms with E-state index >= 15 is 0 Å². The minimum absolute atomic E-state index is 0.0494. The number of fused-ring (bicyclic) bond motifs is 4. The highest BCUT2D eigenvalue weighted by Crippen LogP contribution is 2.32. The van der Waals surface area contributed by atoms with Crippen molar-refractivity contribution in [3.05, 3.63) is 54.2 Å². The third-order valence-corrected chi connectivity index (χ3v) is 7.96. The molecular weight excluding hydrogens is 592 g/mol. The van der Waals surface area contributed by atoms with Crippen molar-refractivity contribution in [1.82, 2.24) is 40.0 Å². The molecule has 3 aromatic heterocycles. The zero-order chi connectivity index (χ0) is 32.8. The first-order valence-electron chi connectivity index (χ1n) is 15.3. The molecule has 5 rings (SSSR count). The molecule has 14 nitrogen and oxygen atoms in total. The van der Waals surface area contributed by atoms with Crippen molar-refractivity contribution in [1.29, 1.82) is 0 Å². The number of ether oxygens (including phenoxy) is 2. The molecule has 1 aliphatic rings. The van der Waals surface area contributed by atoms with Gasteiger partial charge in [-0.2, -0.15) is 5.10 Å². The first-order chi connectivity index (χ1) is 22.2. The second-order valence-electron chi connectivity index (χ2n) is 11.5. The number of hydrogen-bond acceptors (Lipinski definition) is 9. The first-order valence-corrected chi connectivity index (χ1v) is 15.3. The Labute approximate surface area is 267 Å². The fourth-order valence-electron chi connectivity index (χ4n) is 5.27. The molecule has 0 saturated carbocycles. The Morgan fingerprint density at radius 2 is 1.98 bits per heavy atom. The zero-order valence-electron chi connectivity index (χ0n) is 26.8. The molecule has 14 heteroatoms. The number of imidazole rings is 1. The number of hydrogen-bond donors (Lipinski definition) is 2. The van der Waals surface area contributed by atoms with Crippen LogP contribution in [0.25, 0.3) is 22.7 Å². The lowest BCUT2D eigenvalue weighted by Crippen LogP contribution is -2.52. The van der Waals surface area contributed by atoms with Crippen molar-refractivity contribution in [2.75, 3.05) is 33.4 Å². The van der Waals surface area contributed by atoms with Gasteiger partial charge in [-0.25, -0.2) is 4.98 Å². The standard InChI is InChI=1S/C32H40N8O6/c1-20(2)29-31(42)34-10-6-12-39-14-11-33-30(39)22-8-9-25(44-5)27(16-22)45-15-7-13-40(19-28(41)36-29)32(43)24-17-26(46-37-24)23-18-35-38(4)21(23)3/h8-9,11,14,16-18,20,29H,6-7,10,12-13,15,19H2,1-5H3,(H,34,42)(H,36,41)/t29-/m1/s1. The molecular formula is C32H40N8O6. The van der Waals surface area contributed by atoms with Gasteiger partial charge in [0.05, 0.1) is 32.0 Å². The summed E-state index contributed by atoms with van der Waals surface area (Å²) >= 11 is 0. The third-order valence-electron chi connectivity index (χ3n) is 7.96. The summed E-state index contributed by atoms with van der Waals surface area (Å²) in [6.45, 7) is 6.74. The van der Waals surface area contributed by atoms with E-state index in [1.807, 2.05) is 56.8 Å². The van der Waals surface area contributed by atoms with Crippen LogP contribution in [-0.4, -0.2) is 86.5 Å². The van der Waals surface area contributed by atoms with Gasteiger partial charge in [0.15, 0.2) is 23.0 Å². The van der Waals surface area contributed by atoms with E-state index in [2.05, 4.69) is 25.9 Å². The van der Waals surface area contributed by atoms with Crippen LogP contribution >= 0.6 is 0 Å². The summed E-state index contributed by atoms with van der Waals surface area (Å²) in [5.74, 6) is 0.813. The molecule has 244 valence electrons. The average Bonchev–Trinajstić information content (AvgIpc) is 3.79. The van der Waals surface area contributed by atoms with Crippen LogP contribution in [0.4, 0.5) is 0 Å². The van der Waals surface area contributed by atoms with Gasteiger partial charge in [0.2, 0.25) is 11.8 Å². The van der Waals surface area contributed by atoms with E-state index < -0.39 is 17.9 Å². The van der Waals surface area contributed by atoms with Crippen LogP contribution in [-0.2, 0) is 23.2 Å². The minimum Gasteiger partial charge on any atom is -0.493 e. The maximum atomic E-state index is 13.7. The Morgan fingerprint density at radius 1 is 1.15 bits per heavy atom. The predicted octanol–water partition coefficient (Wildman–Crippen LogP) is 2.83. The smallest absolute Gasteiger partial charge is 0.276 e. The summed E-state index contributed by atoms with van der Waals surface area (Å²) in [4.78, 5) is 46.1. The molecule has 2 bridgehead atoms. The fraction of sp³-hybridized carbons (Fsp3) is 0.438. The second kappa shape index (κ2) is 14.3. The van der Waals surface area contributed by atoms with E-state index in [0.29, 0.717) is 48.8 Å². The van der Waals surface area contributed by atoms with Crippen LogP contribution in [0.3, 0.4) is 0 Å². The molecule has 0 fully saturated rings. The Balaban J connectivity index is 1.40. The second-order valence-corrected chi connectivity index (χ2v) is 11.5. The van der Waals surface area contributed by atoms with Gasteiger partial charge in [0, 0.05) is 56.4 Å². The van der Waals surface area contributed by atoms with E-state index in [-0.39, 0.29) is 37.2 Å². The van der Waals surface area contributed by atoms with Crippen molar-refractivity contribution in [3.63, 3.8) is 0 Å². The number of amides is 3. The van der Waals surface area contributed by atoms with Crippen LogP contribution in [0.15, 0.2) is 47.4 Å². The average molecular weight is 633 g/mol. The highest BCUT2D eigenvalue weighted by Gasteiger charge is 2.28. The van der Waals surface area contributed by atoms with E-state index in [9.17, 15) is 14.4 Å². The molecule has 1 atom stereocenters. The normalized spacial score (nSPS) is 16.8. The molecule has 0 spiro atoms. The van der Waals surface area contributed by atoms with E-state index in [4.69, 9.17) is 14.0 Å². The minimum atomic E-state index is -0.778. The summed E-state index contributed by atoms with van der Waals surface area (Å²) < 4.78 is 20.9. The number of aryl methyl sites for hydroxylation is 2. The maximum absolute atomic E-state index is 13.7. The van der Waals surface area contributed by atoms with E-state index in [1.54, 1.807) is 30.3 Å². The van der Waals surface area contributed by atoms with Crippen LogP contribution in [0.1, 0.15) is 42.9 Å². The summed E-state index contributed by atoms with van der Waals surface area (Å²) in [5.41, 5.74) is 2.45. The Morgan fingerprint density at radius 3 is 2.72 bits per heavy atom. The van der Waals surface area contributed by atoms with Crippen molar-refractivity contribution < 1.29 is 28.4 Å². The van der Waals surface area contributed by atoms with Crippen molar-refractivity contribution in [2.24, 2.45) is 13.0 Å². The number of rotatable bonds is 4. The summed E-state index contributed by atoms with van der Waals surface area (Å²) in [7, 11) is 3.38. The highest BCUT2D eigenvalue weighted by molar-refractivity contribution is 5.96. The van der Waals surface area contributed by atoms with Gasteiger partial charge in [-0.15, -0.1) is 0 Å². The van der Waals surface area contributed by atoms with Crippen LogP contribution in [0, 0.1) is 12.8 Å². The van der Waals surface area contributed by atoms with E-state index in [0.717, 1.165) is 17.1 Å². The molecule has 46 heavy (non-hydrogen) atoms. The van der Waals surface area contributed by atoms with Gasteiger partial charge in [-0.05, 0) is 43.9 Å². The van der Waals surface area contributed by atoms with Gasteiger partial charge >= 0.3 is 0 Å². The summed E-state index contributed by atoms with van der Waals surface area (Å²) in [6, 6.07) is 6.37.